The van der Waals surface area contributed by atoms with Crippen molar-refractivity contribution in [1.29, 1.82) is 0 Å². The highest BCUT2D eigenvalue weighted by atomic mass is 15.2. The lowest BCUT2D eigenvalue weighted by Gasteiger charge is -2.44. The standard InChI is InChI=1S/C15H30N2/c1-12(16)13-5-4-10-17(11-13)14-6-8-15(2,3)9-7-14/h12-14H,4-11,16H2,1-3H3. The van der Waals surface area contributed by atoms with Crippen LogP contribution in [-0.2, 0) is 0 Å². The van der Waals surface area contributed by atoms with Gasteiger partial charge in [0.05, 0.1) is 0 Å². The molecular weight excluding hydrogens is 208 g/mol. The molecule has 17 heavy (non-hydrogen) atoms. The van der Waals surface area contributed by atoms with E-state index in [1.165, 1.54) is 51.6 Å². The van der Waals surface area contributed by atoms with Crippen molar-refractivity contribution in [2.75, 3.05) is 13.1 Å². The predicted octanol–water partition coefficient (Wildman–Crippen LogP) is 3.01. The van der Waals surface area contributed by atoms with Crippen molar-refractivity contribution in [3.63, 3.8) is 0 Å². The summed E-state index contributed by atoms with van der Waals surface area (Å²) >= 11 is 0. The van der Waals surface area contributed by atoms with Crippen molar-refractivity contribution in [2.24, 2.45) is 17.1 Å². The molecule has 1 aliphatic heterocycles. The largest absolute Gasteiger partial charge is 0.328 e. The molecule has 1 heterocycles. The highest BCUT2D eigenvalue weighted by Crippen LogP contribution is 2.38. The van der Waals surface area contributed by atoms with Crippen LogP contribution in [0.4, 0.5) is 0 Å². The van der Waals surface area contributed by atoms with Crippen LogP contribution >= 0.6 is 0 Å². The SMILES string of the molecule is CC(N)C1CCCN(C2CCC(C)(C)CC2)C1. The van der Waals surface area contributed by atoms with Crippen molar-refractivity contribution >= 4 is 0 Å². The van der Waals surface area contributed by atoms with E-state index in [1.54, 1.807) is 0 Å². The van der Waals surface area contributed by atoms with Gasteiger partial charge in [0.25, 0.3) is 0 Å². The lowest BCUT2D eigenvalue weighted by atomic mass is 9.74. The van der Waals surface area contributed by atoms with Crippen LogP contribution in [-0.4, -0.2) is 30.1 Å². The van der Waals surface area contributed by atoms with Gasteiger partial charge >= 0.3 is 0 Å². The second-order valence-corrected chi connectivity index (χ2v) is 7.15. The molecule has 1 saturated carbocycles. The summed E-state index contributed by atoms with van der Waals surface area (Å²) in [4.78, 5) is 2.74. The Kier molecular flexibility index (Phi) is 4.14. The zero-order valence-corrected chi connectivity index (χ0v) is 11.9. The Bertz CT molecular complexity index is 237. The molecular formula is C15H30N2. The summed E-state index contributed by atoms with van der Waals surface area (Å²) < 4.78 is 0. The molecule has 100 valence electrons. The topological polar surface area (TPSA) is 29.3 Å². The number of likely N-dealkylation sites (tertiary alicyclic amines) is 1. The molecule has 2 aliphatic rings. The summed E-state index contributed by atoms with van der Waals surface area (Å²) in [5, 5.41) is 0. The highest BCUT2D eigenvalue weighted by molar-refractivity contribution is 4.87. The summed E-state index contributed by atoms with van der Waals surface area (Å²) in [6.45, 7) is 9.59. The Morgan fingerprint density at radius 1 is 1.18 bits per heavy atom. The highest BCUT2D eigenvalue weighted by Gasteiger charge is 2.32. The number of hydrogen-bond acceptors (Lipinski definition) is 2. The van der Waals surface area contributed by atoms with E-state index in [2.05, 4.69) is 25.7 Å². The molecule has 0 radical (unpaired) electrons. The van der Waals surface area contributed by atoms with Crippen molar-refractivity contribution in [1.82, 2.24) is 4.90 Å². The predicted molar refractivity (Wildman–Crippen MR) is 74.0 cm³/mol. The van der Waals surface area contributed by atoms with Crippen LogP contribution in [0.5, 0.6) is 0 Å². The zero-order chi connectivity index (χ0) is 12.5. The van der Waals surface area contributed by atoms with Crippen LogP contribution in [0, 0.1) is 11.3 Å². The van der Waals surface area contributed by atoms with Gasteiger partial charge in [0.1, 0.15) is 0 Å². The lowest BCUT2D eigenvalue weighted by molar-refractivity contribution is 0.0647. The van der Waals surface area contributed by atoms with Gasteiger partial charge in [-0.1, -0.05) is 13.8 Å². The summed E-state index contributed by atoms with van der Waals surface area (Å²) in [6, 6.07) is 1.22. The Labute approximate surface area is 107 Å². The molecule has 0 spiro atoms. The minimum atomic E-state index is 0.373. The van der Waals surface area contributed by atoms with Crippen LogP contribution in [0.3, 0.4) is 0 Å². The quantitative estimate of drug-likeness (QED) is 0.801. The van der Waals surface area contributed by atoms with Crippen LogP contribution in [0.15, 0.2) is 0 Å². The van der Waals surface area contributed by atoms with Gasteiger partial charge in [0.15, 0.2) is 0 Å². The van der Waals surface area contributed by atoms with Gasteiger partial charge in [0.2, 0.25) is 0 Å². The normalized spacial score (nSPS) is 33.5. The Balaban J connectivity index is 1.86. The van der Waals surface area contributed by atoms with Crippen LogP contribution in [0.1, 0.15) is 59.3 Å². The summed E-state index contributed by atoms with van der Waals surface area (Å²) in [5.41, 5.74) is 6.67. The molecule has 2 heteroatoms. The van der Waals surface area contributed by atoms with E-state index in [-0.39, 0.29) is 0 Å². The van der Waals surface area contributed by atoms with E-state index in [4.69, 9.17) is 5.73 Å². The number of piperidine rings is 1. The van der Waals surface area contributed by atoms with E-state index in [9.17, 15) is 0 Å². The van der Waals surface area contributed by atoms with Gasteiger partial charge in [-0.25, -0.2) is 0 Å². The van der Waals surface area contributed by atoms with Gasteiger partial charge < -0.3 is 10.6 Å². The van der Waals surface area contributed by atoms with Gasteiger partial charge in [-0.05, 0) is 63.3 Å². The second-order valence-electron chi connectivity index (χ2n) is 7.15. The third kappa shape index (κ3) is 3.45. The van der Waals surface area contributed by atoms with E-state index >= 15 is 0 Å². The van der Waals surface area contributed by atoms with Crippen molar-refractivity contribution in [3.8, 4) is 0 Å². The first-order valence-electron chi connectivity index (χ1n) is 7.47. The first kappa shape index (κ1) is 13.4. The smallest absolute Gasteiger partial charge is 0.00957 e. The third-order valence-electron chi connectivity index (χ3n) is 5.06. The van der Waals surface area contributed by atoms with Gasteiger partial charge in [-0.3, -0.25) is 0 Å². The Morgan fingerprint density at radius 3 is 2.41 bits per heavy atom. The third-order valence-corrected chi connectivity index (χ3v) is 5.06. The van der Waals surface area contributed by atoms with Crippen LogP contribution < -0.4 is 5.73 Å². The molecule has 1 aliphatic carbocycles. The molecule has 2 rings (SSSR count). The number of nitrogens with zero attached hydrogens (tertiary/aromatic N) is 1. The molecule has 2 atom stereocenters. The van der Waals surface area contributed by atoms with Crippen molar-refractivity contribution in [3.05, 3.63) is 0 Å². The first-order valence-corrected chi connectivity index (χ1v) is 7.47. The second kappa shape index (κ2) is 5.27. The minimum Gasteiger partial charge on any atom is -0.328 e. The number of hydrogen-bond donors (Lipinski definition) is 1. The van der Waals surface area contributed by atoms with Crippen LogP contribution in [0.25, 0.3) is 0 Å². The molecule has 0 aromatic heterocycles. The monoisotopic (exact) mass is 238 g/mol. The molecule has 0 bridgehead atoms. The molecule has 2 unspecified atom stereocenters. The minimum absolute atomic E-state index is 0.373. The fraction of sp³-hybridized carbons (Fsp3) is 1.00. The average molecular weight is 238 g/mol. The molecule has 2 nitrogen and oxygen atoms in total. The molecule has 2 N–H and O–H groups in total. The molecule has 0 amide bonds. The Morgan fingerprint density at radius 2 is 1.82 bits per heavy atom. The molecule has 0 aromatic carbocycles. The maximum Gasteiger partial charge on any atom is 0.00957 e. The van der Waals surface area contributed by atoms with Crippen molar-refractivity contribution < 1.29 is 0 Å². The first-order chi connectivity index (χ1) is 7.98. The number of nitrogens with two attached hydrogens (primary N) is 1. The van der Waals surface area contributed by atoms with E-state index in [1.807, 2.05) is 0 Å². The molecule has 1 saturated heterocycles. The summed E-state index contributed by atoms with van der Waals surface area (Å²) in [5.74, 6) is 0.735. The van der Waals surface area contributed by atoms with Gasteiger partial charge in [0, 0.05) is 18.6 Å². The fourth-order valence-electron chi connectivity index (χ4n) is 3.55. The lowest BCUT2D eigenvalue weighted by Crippen LogP contribution is -2.48. The van der Waals surface area contributed by atoms with E-state index < -0.39 is 0 Å². The van der Waals surface area contributed by atoms with E-state index in [0.717, 1.165) is 12.0 Å². The van der Waals surface area contributed by atoms with Gasteiger partial charge in [-0.15, -0.1) is 0 Å². The maximum absolute atomic E-state index is 6.08. The maximum atomic E-state index is 6.08. The van der Waals surface area contributed by atoms with Gasteiger partial charge in [-0.2, -0.15) is 0 Å². The fourth-order valence-corrected chi connectivity index (χ4v) is 3.55. The molecule has 2 fully saturated rings. The Hall–Kier alpha value is -0.0800. The summed E-state index contributed by atoms with van der Waals surface area (Å²) in [6.07, 6.45) is 8.30. The van der Waals surface area contributed by atoms with Crippen LogP contribution in [0.2, 0.25) is 0 Å². The van der Waals surface area contributed by atoms with Crippen molar-refractivity contribution in [2.45, 2.75) is 71.4 Å². The zero-order valence-electron chi connectivity index (χ0n) is 11.9. The summed E-state index contributed by atoms with van der Waals surface area (Å²) in [7, 11) is 0. The average Bonchev–Trinajstić information content (AvgIpc) is 2.29. The number of rotatable bonds is 2. The molecule has 0 aromatic rings. The van der Waals surface area contributed by atoms with E-state index in [0.29, 0.717) is 11.5 Å².